The minimum absolute atomic E-state index is 0.113. The number of anilines is 4. The molecule has 2 heterocycles. The summed E-state index contributed by atoms with van der Waals surface area (Å²) in [6.45, 7) is 5.63. The van der Waals surface area contributed by atoms with Gasteiger partial charge in [0.25, 0.3) is 0 Å². The average Bonchev–Trinajstić information content (AvgIpc) is 2.82. The molecule has 4 rings (SSSR count). The number of piperidine rings is 1. The van der Waals surface area contributed by atoms with Crippen LogP contribution < -0.4 is 15.5 Å². The number of ether oxygens (including phenoxy) is 1. The number of nitrogens with zero attached hydrogens (tertiary/aromatic N) is 4. The highest BCUT2D eigenvalue weighted by Crippen LogP contribution is 2.26. The Bertz CT molecular complexity index is 1100. The van der Waals surface area contributed by atoms with Gasteiger partial charge in [-0.1, -0.05) is 29.8 Å². The van der Waals surface area contributed by atoms with Crippen LogP contribution in [0, 0.1) is 6.92 Å². The molecule has 2 aromatic carbocycles. The molecule has 0 spiro atoms. The van der Waals surface area contributed by atoms with Gasteiger partial charge in [-0.15, -0.1) is 0 Å². The Hall–Kier alpha value is -3.23. The number of halogens is 1. The van der Waals surface area contributed by atoms with Crippen LogP contribution in [0.4, 0.5) is 23.3 Å². The van der Waals surface area contributed by atoms with Crippen LogP contribution in [0.2, 0.25) is 5.02 Å². The lowest BCUT2D eigenvalue weighted by Gasteiger charge is -2.32. The Kier molecular flexibility index (Phi) is 7.36. The molecule has 1 amide bonds. The minimum Gasteiger partial charge on any atom is -0.373 e. The highest BCUT2D eigenvalue weighted by atomic mass is 35.5. The van der Waals surface area contributed by atoms with Crippen molar-refractivity contribution in [1.82, 2.24) is 15.0 Å². The monoisotopic (exact) mass is 466 g/mol. The fraction of sp³-hybridized carbons (Fsp3) is 0.333. The molecule has 0 saturated carbocycles. The van der Waals surface area contributed by atoms with Crippen molar-refractivity contribution >= 4 is 40.8 Å². The second-order valence-corrected chi connectivity index (χ2v) is 8.45. The quantitative estimate of drug-likeness (QED) is 0.520. The molecule has 9 heteroatoms. The molecule has 172 valence electrons. The van der Waals surface area contributed by atoms with Crippen LogP contribution >= 0.6 is 11.6 Å². The summed E-state index contributed by atoms with van der Waals surface area (Å²) in [6, 6.07) is 13.4. The van der Waals surface area contributed by atoms with Crippen molar-refractivity contribution in [3.8, 4) is 0 Å². The van der Waals surface area contributed by atoms with Crippen LogP contribution in [0.3, 0.4) is 0 Å². The molecule has 1 aliphatic heterocycles. The van der Waals surface area contributed by atoms with Gasteiger partial charge in [0.05, 0.1) is 12.7 Å². The third-order valence-corrected chi connectivity index (χ3v) is 5.83. The molecule has 0 radical (unpaired) electrons. The predicted molar refractivity (Wildman–Crippen MR) is 130 cm³/mol. The number of aromatic nitrogens is 3. The number of hydrogen-bond acceptors (Lipinski definition) is 7. The third kappa shape index (κ3) is 6.18. The number of nitrogens with one attached hydrogen (secondary N) is 2. The Labute approximate surface area is 198 Å². The van der Waals surface area contributed by atoms with Gasteiger partial charge < -0.3 is 20.3 Å². The molecule has 0 unspecified atom stereocenters. The van der Waals surface area contributed by atoms with E-state index in [0.29, 0.717) is 18.5 Å². The van der Waals surface area contributed by atoms with Gasteiger partial charge in [0.1, 0.15) is 6.33 Å². The van der Waals surface area contributed by atoms with Crippen molar-refractivity contribution in [2.24, 2.45) is 0 Å². The summed E-state index contributed by atoms with van der Waals surface area (Å²) in [6.07, 6.45) is 3.52. The van der Waals surface area contributed by atoms with Gasteiger partial charge in [0, 0.05) is 36.4 Å². The maximum atomic E-state index is 11.4. The standard InChI is InChI=1S/C24H27ClN6O2/c1-16-21(28-17(2)32)4-3-5-22(16)29-23-26-15-27-24(30-23)31-12-10-20(11-13-31)33-14-18-6-8-19(25)9-7-18/h3-9,15,20H,10-14H2,1-2H3,(H,28,32)(H,26,27,29,30). The Morgan fingerprint density at radius 3 is 2.58 bits per heavy atom. The largest absolute Gasteiger partial charge is 0.373 e. The van der Waals surface area contributed by atoms with Crippen molar-refractivity contribution in [2.75, 3.05) is 28.6 Å². The number of hydrogen-bond donors (Lipinski definition) is 2. The zero-order chi connectivity index (χ0) is 23.2. The van der Waals surface area contributed by atoms with Gasteiger partial charge in [0.15, 0.2) is 0 Å². The van der Waals surface area contributed by atoms with Gasteiger partial charge in [-0.25, -0.2) is 9.97 Å². The maximum Gasteiger partial charge on any atom is 0.232 e. The highest BCUT2D eigenvalue weighted by molar-refractivity contribution is 6.30. The van der Waals surface area contributed by atoms with E-state index < -0.39 is 0 Å². The van der Waals surface area contributed by atoms with E-state index in [4.69, 9.17) is 16.3 Å². The lowest BCUT2D eigenvalue weighted by atomic mass is 10.1. The SMILES string of the molecule is CC(=O)Nc1cccc(Nc2ncnc(N3CCC(OCc4ccc(Cl)cc4)CC3)n2)c1C. The number of carbonyl (C=O) groups is 1. The van der Waals surface area contributed by atoms with E-state index in [-0.39, 0.29) is 12.0 Å². The molecule has 1 aromatic heterocycles. The Morgan fingerprint density at radius 2 is 1.85 bits per heavy atom. The molecule has 1 saturated heterocycles. The predicted octanol–water partition coefficient (Wildman–Crippen LogP) is 4.72. The molecule has 1 fully saturated rings. The first kappa shape index (κ1) is 22.9. The lowest BCUT2D eigenvalue weighted by molar-refractivity contribution is -0.114. The molecule has 3 aromatic rings. The summed E-state index contributed by atoms with van der Waals surface area (Å²) in [5, 5.41) is 6.80. The maximum absolute atomic E-state index is 11.4. The Balaban J connectivity index is 1.34. The fourth-order valence-electron chi connectivity index (χ4n) is 3.73. The second-order valence-electron chi connectivity index (χ2n) is 8.02. The summed E-state index contributed by atoms with van der Waals surface area (Å²) in [5.41, 5.74) is 3.61. The molecule has 0 bridgehead atoms. The van der Waals surface area contributed by atoms with Gasteiger partial charge >= 0.3 is 0 Å². The number of benzene rings is 2. The zero-order valence-electron chi connectivity index (χ0n) is 18.7. The Morgan fingerprint density at radius 1 is 1.12 bits per heavy atom. The van der Waals surface area contributed by atoms with Crippen LogP contribution in [0.15, 0.2) is 48.8 Å². The summed E-state index contributed by atoms with van der Waals surface area (Å²) in [5.74, 6) is 0.988. The third-order valence-electron chi connectivity index (χ3n) is 5.57. The molecular formula is C24H27ClN6O2. The summed E-state index contributed by atoms with van der Waals surface area (Å²) in [4.78, 5) is 26.8. The molecular weight excluding hydrogens is 440 g/mol. The molecule has 8 nitrogen and oxygen atoms in total. The topological polar surface area (TPSA) is 92.3 Å². The zero-order valence-corrected chi connectivity index (χ0v) is 19.5. The number of rotatable bonds is 7. The van der Waals surface area contributed by atoms with Gasteiger partial charge in [0.2, 0.25) is 17.8 Å². The van der Waals surface area contributed by atoms with Crippen molar-refractivity contribution in [2.45, 2.75) is 39.4 Å². The van der Waals surface area contributed by atoms with Crippen molar-refractivity contribution in [3.05, 3.63) is 64.9 Å². The number of amides is 1. The van der Waals surface area contributed by atoms with Crippen LogP contribution in [-0.4, -0.2) is 40.1 Å². The van der Waals surface area contributed by atoms with E-state index in [0.717, 1.165) is 53.5 Å². The van der Waals surface area contributed by atoms with Crippen LogP contribution in [-0.2, 0) is 16.1 Å². The average molecular weight is 467 g/mol. The molecule has 0 atom stereocenters. The van der Waals surface area contributed by atoms with E-state index in [2.05, 4.69) is 30.5 Å². The minimum atomic E-state index is -0.113. The van der Waals surface area contributed by atoms with Gasteiger partial charge in [-0.2, -0.15) is 4.98 Å². The number of carbonyl (C=O) groups excluding carboxylic acids is 1. The summed E-state index contributed by atoms with van der Waals surface area (Å²) >= 11 is 5.94. The van der Waals surface area contributed by atoms with E-state index in [1.165, 1.54) is 13.3 Å². The first-order valence-electron chi connectivity index (χ1n) is 10.9. The smallest absolute Gasteiger partial charge is 0.232 e. The van der Waals surface area contributed by atoms with Crippen molar-refractivity contribution in [1.29, 1.82) is 0 Å². The molecule has 1 aliphatic rings. The van der Waals surface area contributed by atoms with Crippen molar-refractivity contribution < 1.29 is 9.53 Å². The van der Waals surface area contributed by atoms with E-state index >= 15 is 0 Å². The summed E-state index contributed by atoms with van der Waals surface area (Å²) in [7, 11) is 0. The van der Waals surface area contributed by atoms with Crippen LogP contribution in [0.25, 0.3) is 0 Å². The fourth-order valence-corrected chi connectivity index (χ4v) is 3.86. The molecule has 2 N–H and O–H groups in total. The van der Waals surface area contributed by atoms with Gasteiger partial charge in [-0.05, 0) is 55.2 Å². The van der Waals surface area contributed by atoms with Crippen molar-refractivity contribution in [3.63, 3.8) is 0 Å². The lowest BCUT2D eigenvalue weighted by Crippen LogP contribution is -2.38. The van der Waals surface area contributed by atoms with Gasteiger partial charge in [-0.3, -0.25) is 4.79 Å². The van der Waals surface area contributed by atoms with Crippen LogP contribution in [0.1, 0.15) is 30.9 Å². The second kappa shape index (κ2) is 10.6. The van der Waals surface area contributed by atoms with E-state index in [1.807, 2.05) is 49.4 Å². The molecule has 0 aliphatic carbocycles. The highest BCUT2D eigenvalue weighted by Gasteiger charge is 2.22. The van der Waals surface area contributed by atoms with E-state index in [9.17, 15) is 4.79 Å². The van der Waals surface area contributed by atoms with E-state index in [1.54, 1.807) is 0 Å². The summed E-state index contributed by atoms with van der Waals surface area (Å²) < 4.78 is 6.08. The van der Waals surface area contributed by atoms with Crippen LogP contribution in [0.5, 0.6) is 0 Å². The normalized spacial score (nSPS) is 14.2. The first-order valence-corrected chi connectivity index (χ1v) is 11.3. The molecule has 33 heavy (non-hydrogen) atoms. The first-order chi connectivity index (χ1) is 16.0.